The van der Waals surface area contributed by atoms with E-state index in [1.807, 2.05) is 13.8 Å². The van der Waals surface area contributed by atoms with Crippen LogP contribution < -0.4 is 10.5 Å². The number of thiophene rings is 1. The molecule has 1 aromatic rings. The summed E-state index contributed by atoms with van der Waals surface area (Å²) in [6.07, 6.45) is -2.88. The molecule has 1 aromatic heterocycles. The van der Waals surface area contributed by atoms with Gasteiger partial charge in [-0.05, 0) is 30.9 Å². The van der Waals surface area contributed by atoms with Gasteiger partial charge < -0.3 is 10.5 Å². The minimum absolute atomic E-state index is 0.0664. The van der Waals surface area contributed by atoms with E-state index in [1.54, 1.807) is 6.07 Å². The highest BCUT2D eigenvalue weighted by Crippen LogP contribution is 2.59. The summed E-state index contributed by atoms with van der Waals surface area (Å²) in [5.74, 6) is -0.218. The van der Waals surface area contributed by atoms with Crippen LogP contribution in [-0.4, -0.2) is 18.7 Å². The molecular weight excluding hydrogens is 303 g/mol. The molecule has 0 unspecified atom stereocenters. The largest absolute Gasteiger partial charge is 0.475 e. The van der Waals surface area contributed by atoms with Gasteiger partial charge in [-0.2, -0.15) is 13.2 Å². The molecule has 7 heteroatoms. The molecular formula is C14H18F3NO2S. The van der Waals surface area contributed by atoms with Crippen LogP contribution in [0.15, 0.2) is 12.1 Å². The maximum Gasteiger partial charge on any atom is 0.422 e. The molecule has 118 valence electrons. The number of rotatable bonds is 6. The average Bonchev–Trinajstić information content (AvgIpc) is 2.99. The molecule has 1 aliphatic rings. The van der Waals surface area contributed by atoms with Crippen LogP contribution in [0.25, 0.3) is 0 Å². The quantitative estimate of drug-likeness (QED) is 0.868. The van der Waals surface area contributed by atoms with Crippen molar-refractivity contribution in [3.05, 3.63) is 17.0 Å². The van der Waals surface area contributed by atoms with E-state index in [2.05, 4.69) is 0 Å². The summed E-state index contributed by atoms with van der Waals surface area (Å²) in [6, 6.07) is 3.27. The average molecular weight is 321 g/mol. The van der Waals surface area contributed by atoms with Crippen LogP contribution in [0.5, 0.6) is 5.06 Å². The first-order valence-electron chi connectivity index (χ1n) is 6.75. The zero-order valence-corrected chi connectivity index (χ0v) is 12.7. The van der Waals surface area contributed by atoms with Gasteiger partial charge in [-0.3, -0.25) is 4.79 Å². The van der Waals surface area contributed by atoms with Crippen LogP contribution in [0.2, 0.25) is 0 Å². The van der Waals surface area contributed by atoms with Crippen molar-refractivity contribution in [2.45, 2.75) is 38.8 Å². The lowest BCUT2D eigenvalue weighted by atomic mass is 9.79. The number of ether oxygens (including phenoxy) is 1. The lowest BCUT2D eigenvalue weighted by molar-refractivity contribution is -0.152. The van der Waals surface area contributed by atoms with Crippen LogP contribution in [0.1, 0.15) is 37.5 Å². The van der Waals surface area contributed by atoms with Crippen molar-refractivity contribution in [1.29, 1.82) is 0 Å². The van der Waals surface area contributed by atoms with Crippen LogP contribution >= 0.6 is 11.3 Å². The Morgan fingerprint density at radius 1 is 1.43 bits per heavy atom. The molecule has 1 aliphatic carbocycles. The highest BCUT2D eigenvalue weighted by molar-refractivity contribution is 7.13. The van der Waals surface area contributed by atoms with Gasteiger partial charge in [-0.25, -0.2) is 0 Å². The van der Waals surface area contributed by atoms with Crippen LogP contribution in [0, 0.1) is 11.3 Å². The van der Waals surface area contributed by atoms with Crippen molar-refractivity contribution in [3.8, 4) is 5.06 Å². The summed E-state index contributed by atoms with van der Waals surface area (Å²) in [5, 5.41) is 0.216. The molecule has 0 spiro atoms. The van der Waals surface area contributed by atoms with Gasteiger partial charge in [0, 0.05) is 10.8 Å². The fraction of sp³-hybridized carbons (Fsp3) is 0.643. The molecule has 0 radical (unpaired) electrons. The summed E-state index contributed by atoms with van der Waals surface area (Å²) >= 11 is 1.16. The molecule has 21 heavy (non-hydrogen) atoms. The second kappa shape index (κ2) is 5.51. The summed E-state index contributed by atoms with van der Waals surface area (Å²) in [4.78, 5) is 12.6. The third-order valence-electron chi connectivity index (χ3n) is 3.83. The number of alkyl halides is 3. The Balaban J connectivity index is 2.16. The number of primary amides is 1. The van der Waals surface area contributed by atoms with Crippen LogP contribution in [0.4, 0.5) is 13.2 Å². The van der Waals surface area contributed by atoms with E-state index in [0.29, 0.717) is 0 Å². The van der Waals surface area contributed by atoms with Gasteiger partial charge in [0.25, 0.3) is 0 Å². The topological polar surface area (TPSA) is 52.3 Å². The zero-order chi connectivity index (χ0) is 15.8. The summed E-state index contributed by atoms with van der Waals surface area (Å²) < 4.78 is 41.2. The molecule has 1 heterocycles. The van der Waals surface area contributed by atoms with E-state index >= 15 is 0 Å². The zero-order valence-electron chi connectivity index (χ0n) is 11.9. The minimum atomic E-state index is -4.35. The second-order valence-corrected chi connectivity index (χ2v) is 6.88. The van der Waals surface area contributed by atoms with Crippen molar-refractivity contribution in [2.75, 3.05) is 6.61 Å². The Morgan fingerprint density at radius 2 is 2.05 bits per heavy atom. The van der Waals surface area contributed by atoms with Crippen LogP contribution in [0.3, 0.4) is 0 Å². The lowest BCUT2D eigenvalue weighted by Crippen LogP contribution is -2.32. The molecule has 1 fully saturated rings. The summed E-state index contributed by atoms with van der Waals surface area (Å²) in [5.41, 5.74) is 4.98. The fourth-order valence-corrected chi connectivity index (χ4v) is 4.06. The van der Waals surface area contributed by atoms with E-state index in [1.165, 1.54) is 6.07 Å². The van der Waals surface area contributed by atoms with E-state index in [-0.39, 0.29) is 22.8 Å². The Hall–Kier alpha value is -1.24. The molecule has 0 aromatic carbocycles. The number of nitrogens with two attached hydrogens (primary N) is 1. The van der Waals surface area contributed by atoms with Gasteiger partial charge in [0.2, 0.25) is 5.91 Å². The molecule has 2 rings (SSSR count). The SMILES string of the molecule is CC(C)[C@@H](c1ccc(OCC(F)(F)F)s1)C1(C(N)=O)CC1. The molecule has 0 saturated heterocycles. The monoisotopic (exact) mass is 321 g/mol. The normalized spacial score (nSPS) is 18.6. The first-order chi connectivity index (χ1) is 9.66. The maximum absolute atomic E-state index is 12.2. The number of hydrogen-bond donors (Lipinski definition) is 1. The smallest absolute Gasteiger partial charge is 0.422 e. The Kier molecular flexibility index (Phi) is 4.24. The lowest BCUT2D eigenvalue weighted by Gasteiger charge is -2.27. The second-order valence-electron chi connectivity index (χ2n) is 5.80. The Labute approximate surface area is 125 Å². The van der Waals surface area contributed by atoms with Gasteiger partial charge in [0.15, 0.2) is 11.7 Å². The highest BCUT2D eigenvalue weighted by atomic mass is 32.1. The number of halogens is 3. The number of carbonyl (C=O) groups is 1. The third-order valence-corrected chi connectivity index (χ3v) is 4.91. The van der Waals surface area contributed by atoms with Crippen molar-refractivity contribution >= 4 is 17.2 Å². The Morgan fingerprint density at radius 3 is 2.48 bits per heavy atom. The van der Waals surface area contributed by atoms with Gasteiger partial charge in [-0.15, -0.1) is 11.3 Å². The van der Waals surface area contributed by atoms with E-state index in [0.717, 1.165) is 29.1 Å². The highest BCUT2D eigenvalue weighted by Gasteiger charge is 2.56. The summed E-state index contributed by atoms with van der Waals surface area (Å²) in [6.45, 7) is 2.67. The minimum Gasteiger partial charge on any atom is -0.475 e. The first kappa shape index (κ1) is 16.1. The standard InChI is InChI=1S/C14H18F3NO2S/c1-8(2)11(13(5-6-13)12(18)19)9-3-4-10(21-9)20-7-14(15,16)17/h3-4,8,11H,5-7H2,1-2H3,(H2,18,19)/t11-/m0/s1. The number of hydrogen-bond acceptors (Lipinski definition) is 3. The predicted molar refractivity (Wildman–Crippen MR) is 74.3 cm³/mol. The van der Waals surface area contributed by atoms with Crippen molar-refractivity contribution in [2.24, 2.45) is 17.1 Å². The maximum atomic E-state index is 12.2. The third kappa shape index (κ3) is 3.51. The Bertz CT molecular complexity index is 521. The first-order valence-corrected chi connectivity index (χ1v) is 7.56. The number of carbonyl (C=O) groups excluding carboxylic acids is 1. The van der Waals surface area contributed by atoms with E-state index in [9.17, 15) is 18.0 Å². The molecule has 2 N–H and O–H groups in total. The molecule has 0 bridgehead atoms. The molecule has 1 amide bonds. The van der Waals surface area contributed by atoms with Gasteiger partial charge in [0.05, 0.1) is 5.41 Å². The van der Waals surface area contributed by atoms with E-state index in [4.69, 9.17) is 10.5 Å². The summed E-state index contributed by atoms with van der Waals surface area (Å²) in [7, 11) is 0. The molecule has 1 atom stereocenters. The van der Waals surface area contributed by atoms with Gasteiger partial charge in [-0.1, -0.05) is 13.8 Å². The number of amides is 1. The van der Waals surface area contributed by atoms with Gasteiger partial charge >= 0.3 is 6.18 Å². The van der Waals surface area contributed by atoms with Gasteiger partial charge in [0.1, 0.15) is 0 Å². The van der Waals surface area contributed by atoms with Crippen molar-refractivity contribution in [3.63, 3.8) is 0 Å². The van der Waals surface area contributed by atoms with E-state index < -0.39 is 18.2 Å². The fourth-order valence-electron chi connectivity index (χ4n) is 2.82. The molecule has 1 saturated carbocycles. The van der Waals surface area contributed by atoms with Crippen molar-refractivity contribution < 1.29 is 22.7 Å². The predicted octanol–water partition coefficient (Wildman–Crippen LogP) is 3.69. The molecule has 0 aliphatic heterocycles. The van der Waals surface area contributed by atoms with Crippen LogP contribution in [-0.2, 0) is 4.79 Å². The van der Waals surface area contributed by atoms with Crippen molar-refractivity contribution in [1.82, 2.24) is 0 Å². The molecule has 3 nitrogen and oxygen atoms in total.